The third kappa shape index (κ3) is 5.93. The average molecular weight is 445 g/mol. The highest BCUT2D eigenvalue weighted by molar-refractivity contribution is 6.52. The van der Waals surface area contributed by atoms with E-state index in [9.17, 15) is 29.7 Å². The van der Waals surface area contributed by atoms with Crippen LogP contribution in [0, 0.1) is 5.41 Å². The lowest BCUT2D eigenvalue weighted by molar-refractivity contribution is -0.142. The average Bonchev–Trinajstić information content (AvgIpc) is 2.73. The summed E-state index contributed by atoms with van der Waals surface area (Å²) in [4.78, 5) is 37.3. The first-order valence-electron chi connectivity index (χ1n) is 10.6. The predicted octanol–water partition coefficient (Wildman–Crippen LogP) is 3.54. The number of esters is 1. The van der Waals surface area contributed by atoms with E-state index in [1.54, 1.807) is 45.0 Å². The maximum Gasteiger partial charge on any atom is 0.333 e. The van der Waals surface area contributed by atoms with E-state index < -0.39 is 34.7 Å². The molecule has 2 unspecified atom stereocenters. The van der Waals surface area contributed by atoms with Crippen LogP contribution in [0.1, 0.15) is 69.8 Å². The van der Waals surface area contributed by atoms with Crippen molar-refractivity contribution in [3.8, 4) is 0 Å². The Morgan fingerprint density at radius 1 is 1.12 bits per heavy atom. The number of benzene rings is 1. The molecule has 0 amide bonds. The van der Waals surface area contributed by atoms with Gasteiger partial charge in [-0.25, -0.2) is 4.79 Å². The van der Waals surface area contributed by atoms with Crippen molar-refractivity contribution in [2.75, 3.05) is 6.61 Å². The molecule has 0 fully saturated rings. The maximum absolute atomic E-state index is 12.5. The lowest BCUT2D eigenvalue weighted by Gasteiger charge is -2.27. The van der Waals surface area contributed by atoms with Crippen LogP contribution in [0.2, 0.25) is 0 Å². The molecule has 32 heavy (non-hydrogen) atoms. The molecule has 2 atom stereocenters. The molecule has 1 aromatic rings. The van der Waals surface area contributed by atoms with Gasteiger partial charge in [0.1, 0.15) is 5.76 Å². The molecule has 0 aromatic heterocycles. The molecule has 0 aliphatic heterocycles. The Hall–Kier alpha value is -2.77. The quantitative estimate of drug-likeness (QED) is 0.303. The third-order valence-electron chi connectivity index (χ3n) is 5.77. The van der Waals surface area contributed by atoms with E-state index in [1.807, 2.05) is 0 Å². The fourth-order valence-corrected chi connectivity index (χ4v) is 3.36. The third-order valence-corrected chi connectivity index (χ3v) is 5.77. The number of hydrogen-bond donors (Lipinski definition) is 3. The Kier molecular flexibility index (Phi) is 7.80. The van der Waals surface area contributed by atoms with Gasteiger partial charge in [0.05, 0.1) is 18.3 Å². The van der Waals surface area contributed by atoms with E-state index in [2.05, 4.69) is 0 Å². The van der Waals surface area contributed by atoms with Crippen LogP contribution in [0.25, 0.3) is 5.76 Å². The van der Waals surface area contributed by atoms with E-state index in [0.29, 0.717) is 17.6 Å². The van der Waals surface area contributed by atoms with Crippen LogP contribution in [0.15, 0.2) is 41.5 Å². The number of aliphatic hydroxyl groups excluding tert-OH is 2. The topological polar surface area (TPSA) is 121 Å². The van der Waals surface area contributed by atoms with Crippen molar-refractivity contribution in [2.24, 2.45) is 5.41 Å². The first kappa shape index (κ1) is 25.5. The van der Waals surface area contributed by atoms with Crippen molar-refractivity contribution < 1.29 is 34.4 Å². The normalized spacial score (nSPS) is 17.7. The Morgan fingerprint density at radius 2 is 1.72 bits per heavy atom. The van der Waals surface area contributed by atoms with E-state index in [-0.39, 0.29) is 36.3 Å². The molecule has 174 valence electrons. The number of Topliss-reactive ketones (excluding diaryl/α,β-unsaturated/α-hetero) is 2. The molecule has 2 rings (SSSR count). The molecule has 0 radical (unpaired) electrons. The molecular weight excluding hydrogens is 412 g/mol. The molecule has 0 saturated heterocycles. The fraction of sp³-hybridized carbons (Fsp3) is 0.480. The van der Waals surface area contributed by atoms with Crippen LogP contribution in [0.5, 0.6) is 0 Å². The highest BCUT2D eigenvalue weighted by Crippen LogP contribution is 2.35. The largest absolute Gasteiger partial charge is 0.507 e. The first-order chi connectivity index (χ1) is 14.8. The number of carbonyl (C=O) groups is 3. The molecular formula is C25H32O7. The Morgan fingerprint density at radius 3 is 2.31 bits per heavy atom. The smallest absolute Gasteiger partial charge is 0.333 e. The summed E-state index contributed by atoms with van der Waals surface area (Å²) in [5.74, 6) is -2.16. The Balaban J connectivity index is 2.03. The summed E-state index contributed by atoms with van der Waals surface area (Å²) >= 11 is 0. The fourth-order valence-electron chi connectivity index (χ4n) is 3.36. The summed E-state index contributed by atoms with van der Waals surface area (Å²) in [6.45, 7) is 8.16. The predicted molar refractivity (Wildman–Crippen MR) is 120 cm³/mol. The number of allylic oxidation sites excluding steroid dienone is 2. The van der Waals surface area contributed by atoms with Gasteiger partial charge in [0, 0.05) is 27.7 Å². The van der Waals surface area contributed by atoms with Crippen LogP contribution in [0.4, 0.5) is 0 Å². The minimum absolute atomic E-state index is 0.0161. The summed E-state index contributed by atoms with van der Waals surface area (Å²) in [5, 5.41) is 30.2. The van der Waals surface area contributed by atoms with E-state index in [4.69, 9.17) is 4.74 Å². The van der Waals surface area contributed by atoms with Gasteiger partial charge in [0.2, 0.25) is 11.6 Å². The van der Waals surface area contributed by atoms with E-state index in [1.165, 1.54) is 19.9 Å². The molecule has 7 nitrogen and oxygen atoms in total. The minimum Gasteiger partial charge on any atom is -0.507 e. The van der Waals surface area contributed by atoms with E-state index >= 15 is 0 Å². The Bertz CT molecular complexity index is 964. The standard InChI is InChI=1S/C25H32O7/c1-15(9-8-12-25(5,31)16(2)26)23(30)32-14-24(3,4)13-19-20(27)17-10-6-7-11-18(17)21(28)22(19)29/h6-7,9-11,16,26-27,31H,8,12-14H2,1-5H3/b15-9+. The number of rotatable bonds is 9. The zero-order valence-corrected chi connectivity index (χ0v) is 19.3. The van der Waals surface area contributed by atoms with Crippen molar-refractivity contribution in [3.63, 3.8) is 0 Å². The summed E-state index contributed by atoms with van der Waals surface area (Å²) in [6.07, 6.45) is 1.48. The lowest BCUT2D eigenvalue weighted by atomic mass is 9.79. The second kappa shape index (κ2) is 9.79. The second-order valence-corrected chi connectivity index (χ2v) is 9.41. The van der Waals surface area contributed by atoms with Crippen molar-refractivity contribution in [3.05, 3.63) is 52.6 Å². The number of ether oxygens (including phenoxy) is 1. The molecule has 7 heteroatoms. The van der Waals surface area contributed by atoms with E-state index in [0.717, 1.165) is 0 Å². The van der Waals surface area contributed by atoms with Crippen molar-refractivity contribution in [1.29, 1.82) is 0 Å². The number of ketones is 2. The van der Waals surface area contributed by atoms with Gasteiger partial charge in [-0.2, -0.15) is 0 Å². The number of fused-ring (bicyclic) bond motifs is 1. The van der Waals surface area contributed by atoms with Gasteiger partial charge in [0.25, 0.3) is 0 Å². The van der Waals surface area contributed by atoms with Gasteiger partial charge >= 0.3 is 5.97 Å². The number of aliphatic hydroxyl groups is 3. The summed E-state index contributed by atoms with van der Waals surface area (Å²) in [5.41, 5.74) is -1.08. The maximum atomic E-state index is 12.5. The Labute approximate surface area is 188 Å². The van der Waals surface area contributed by atoms with Gasteiger partial charge in [-0.15, -0.1) is 0 Å². The van der Waals surface area contributed by atoms with Gasteiger partial charge in [0.15, 0.2) is 0 Å². The highest BCUT2D eigenvalue weighted by atomic mass is 16.5. The minimum atomic E-state index is -1.25. The first-order valence-corrected chi connectivity index (χ1v) is 10.6. The van der Waals surface area contributed by atoms with Crippen molar-refractivity contribution in [2.45, 2.75) is 65.6 Å². The molecule has 3 N–H and O–H groups in total. The summed E-state index contributed by atoms with van der Waals surface area (Å²) in [7, 11) is 0. The summed E-state index contributed by atoms with van der Waals surface area (Å²) < 4.78 is 5.39. The molecule has 1 aromatic carbocycles. The number of hydrogen-bond acceptors (Lipinski definition) is 7. The summed E-state index contributed by atoms with van der Waals surface area (Å²) in [6, 6.07) is 6.40. The lowest BCUT2D eigenvalue weighted by Crippen LogP contribution is -2.36. The SMILES string of the molecule is C/C(=C\CCC(C)(O)C(C)O)C(=O)OCC(C)(C)CC1=C(O)c2ccccc2C(=O)C1=O. The molecule has 0 spiro atoms. The zero-order valence-electron chi connectivity index (χ0n) is 19.3. The molecule has 1 aliphatic carbocycles. The van der Waals surface area contributed by atoms with Crippen LogP contribution in [-0.4, -0.2) is 51.2 Å². The van der Waals surface area contributed by atoms with Gasteiger partial charge < -0.3 is 20.1 Å². The van der Waals surface area contributed by atoms with Gasteiger partial charge in [-0.05, 0) is 40.0 Å². The molecule has 0 saturated carbocycles. The molecule has 0 heterocycles. The second-order valence-electron chi connectivity index (χ2n) is 9.41. The monoisotopic (exact) mass is 444 g/mol. The number of carbonyl (C=O) groups excluding carboxylic acids is 3. The van der Waals surface area contributed by atoms with Gasteiger partial charge in [-0.1, -0.05) is 44.2 Å². The zero-order chi connectivity index (χ0) is 24.3. The van der Waals surface area contributed by atoms with Crippen molar-refractivity contribution in [1.82, 2.24) is 0 Å². The van der Waals surface area contributed by atoms with Crippen LogP contribution in [0.3, 0.4) is 0 Å². The van der Waals surface area contributed by atoms with Gasteiger partial charge in [-0.3, -0.25) is 9.59 Å². The molecule has 0 bridgehead atoms. The molecule has 1 aliphatic rings. The van der Waals surface area contributed by atoms with Crippen LogP contribution >= 0.6 is 0 Å². The van der Waals surface area contributed by atoms with Crippen LogP contribution < -0.4 is 0 Å². The van der Waals surface area contributed by atoms with Crippen molar-refractivity contribution >= 4 is 23.3 Å². The van der Waals surface area contributed by atoms with Crippen LogP contribution in [-0.2, 0) is 14.3 Å². The highest BCUT2D eigenvalue weighted by Gasteiger charge is 2.36.